The number of anilines is 1. The van der Waals surface area contributed by atoms with E-state index in [1.165, 1.54) is 24.0 Å². The molecule has 1 aromatic rings. The number of nitrogens with one attached hydrogen (secondary N) is 1. The fourth-order valence-corrected chi connectivity index (χ4v) is 3.75. The summed E-state index contributed by atoms with van der Waals surface area (Å²) in [6.45, 7) is -0.735. The Morgan fingerprint density at radius 1 is 1.59 bits per heavy atom. The van der Waals surface area contributed by atoms with Gasteiger partial charge in [-0.2, -0.15) is 5.26 Å². The molecular weight excluding hydrogens is 336 g/mol. The Labute approximate surface area is 134 Å². The number of nitriles is 1. The third kappa shape index (κ3) is 3.99. The number of thioether (sulfide) groups is 1. The normalized spacial score (nSPS) is 24.2. The highest BCUT2D eigenvalue weighted by atomic mass is 35.5. The van der Waals surface area contributed by atoms with Gasteiger partial charge in [0.1, 0.15) is 0 Å². The Kier molecular flexibility index (Phi) is 5.42. The van der Waals surface area contributed by atoms with Crippen LogP contribution in [0.1, 0.15) is 6.42 Å². The number of halogens is 3. The lowest BCUT2D eigenvalue weighted by atomic mass is 10.1. The number of rotatable bonds is 4. The van der Waals surface area contributed by atoms with Crippen LogP contribution in [0.5, 0.6) is 0 Å². The zero-order valence-corrected chi connectivity index (χ0v) is 12.8. The van der Waals surface area contributed by atoms with Gasteiger partial charge < -0.3 is 9.88 Å². The van der Waals surface area contributed by atoms with Crippen LogP contribution < -0.4 is 10.9 Å². The molecule has 1 aliphatic rings. The van der Waals surface area contributed by atoms with Crippen molar-refractivity contribution >= 4 is 35.0 Å². The lowest BCUT2D eigenvalue weighted by Gasteiger charge is -2.12. The molecule has 0 saturated carbocycles. The highest BCUT2D eigenvalue weighted by Gasteiger charge is 2.37. The summed E-state index contributed by atoms with van der Waals surface area (Å²) >= 11 is 7.14. The van der Waals surface area contributed by atoms with Crippen molar-refractivity contribution in [1.29, 1.82) is 5.26 Å². The maximum atomic E-state index is 12.4. The molecule has 5 nitrogen and oxygen atoms in total. The molecule has 22 heavy (non-hydrogen) atoms. The first-order valence-electron chi connectivity index (χ1n) is 6.39. The summed E-state index contributed by atoms with van der Waals surface area (Å²) in [5, 5.41) is 11.0. The predicted octanol–water partition coefficient (Wildman–Crippen LogP) is 2.26. The van der Waals surface area contributed by atoms with Gasteiger partial charge in [-0.25, -0.2) is 8.78 Å². The minimum Gasteiger partial charge on any atom is -0.324 e. The van der Waals surface area contributed by atoms with E-state index in [2.05, 4.69) is 5.32 Å². The quantitative estimate of drug-likeness (QED) is 0.848. The number of carbonyl (C=O) groups excluding carboxylic acids is 1. The molecule has 9 heteroatoms. The molecule has 0 aromatic carbocycles. The van der Waals surface area contributed by atoms with E-state index in [0.29, 0.717) is 6.42 Å². The van der Waals surface area contributed by atoms with E-state index in [0.717, 1.165) is 10.6 Å². The molecule has 1 aromatic heterocycles. The number of alkyl halides is 3. The van der Waals surface area contributed by atoms with Crippen molar-refractivity contribution < 1.29 is 13.6 Å². The van der Waals surface area contributed by atoms with Crippen LogP contribution in [0.3, 0.4) is 0 Å². The first-order chi connectivity index (χ1) is 10.4. The number of hydrogen-bond donors (Lipinski definition) is 1. The Hall–Kier alpha value is -1.59. The summed E-state index contributed by atoms with van der Waals surface area (Å²) in [5.41, 5.74) is -0.323. The summed E-state index contributed by atoms with van der Waals surface area (Å²) in [5.74, 6) is -0.772. The molecular formula is C13H12ClF2N3O2S. The molecule has 3 unspecified atom stereocenters. The molecule has 1 fully saturated rings. The highest BCUT2D eigenvalue weighted by Crippen LogP contribution is 2.40. The minimum atomic E-state index is -2.66. The van der Waals surface area contributed by atoms with Crippen molar-refractivity contribution in [2.24, 2.45) is 5.92 Å². The molecule has 1 amide bonds. The van der Waals surface area contributed by atoms with Crippen molar-refractivity contribution in [3.05, 3.63) is 28.7 Å². The van der Waals surface area contributed by atoms with E-state index in [1.807, 2.05) is 6.07 Å². The van der Waals surface area contributed by atoms with Gasteiger partial charge in [0, 0.05) is 12.3 Å². The van der Waals surface area contributed by atoms with Gasteiger partial charge in [-0.3, -0.25) is 9.59 Å². The molecule has 3 atom stereocenters. The molecule has 1 saturated heterocycles. The van der Waals surface area contributed by atoms with E-state index >= 15 is 0 Å². The number of carbonyl (C=O) groups is 1. The first-order valence-corrected chi connectivity index (χ1v) is 7.77. The molecule has 0 spiro atoms. The lowest BCUT2D eigenvalue weighted by Crippen LogP contribution is -2.26. The van der Waals surface area contributed by atoms with Gasteiger partial charge in [0.15, 0.2) is 0 Å². The summed E-state index contributed by atoms with van der Waals surface area (Å²) in [6, 6.07) is 4.50. The highest BCUT2D eigenvalue weighted by molar-refractivity contribution is 8.02. The summed E-state index contributed by atoms with van der Waals surface area (Å²) in [6.07, 6.45) is -1.16. The van der Waals surface area contributed by atoms with Gasteiger partial charge in [0.05, 0.1) is 34.2 Å². The number of aromatic nitrogens is 1. The zero-order valence-electron chi connectivity index (χ0n) is 11.2. The largest absolute Gasteiger partial charge is 0.324 e. The molecule has 1 N–H and O–H groups in total. The van der Waals surface area contributed by atoms with Crippen LogP contribution in [0.15, 0.2) is 23.1 Å². The van der Waals surface area contributed by atoms with Crippen LogP contribution in [-0.4, -0.2) is 26.9 Å². The fourth-order valence-electron chi connectivity index (χ4n) is 2.04. The van der Waals surface area contributed by atoms with Gasteiger partial charge >= 0.3 is 0 Å². The van der Waals surface area contributed by atoms with Crippen LogP contribution in [-0.2, 0) is 11.3 Å². The number of hydrogen-bond acceptors (Lipinski definition) is 4. The zero-order chi connectivity index (χ0) is 16.3. The van der Waals surface area contributed by atoms with Gasteiger partial charge in [-0.05, 0) is 12.5 Å². The van der Waals surface area contributed by atoms with Gasteiger partial charge in [-0.1, -0.05) is 0 Å². The van der Waals surface area contributed by atoms with Crippen LogP contribution >= 0.6 is 23.4 Å². The maximum Gasteiger partial charge on any atom is 0.256 e. The number of nitrogens with zero attached hydrogens (tertiary/aromatic N) is 2. The smallest absolute Gasteiger partial charge is 0.256 e. The van der Waals surface area contributed by atoms with E-state index in [4.69, 9.17) is 16.9 Å². The third-order valence-electron chi connectivity index (χ3n) is 3.12. The van der Waals surface area contributed by atoms with E-state index in [1.54, 1.807) is 0 Å². The Balaban J connectivity index is 2.06. The van der Waals surface area contributed by atoms with Gasteiger partial charge in [0.25, 0.3) is 12.0 Å². The second-order valence-corrected chi connectivity index (χ2v) is 6.81. The molecule has 2 heterocycles. The monoisotopic (exact) mass is 347 g/mol. The molecule has 0 bridgehead atoms. The second-order valence-electron chi connectivity index (χ2n) is 4.74. The summed E-state index contributed by atoms with van der Waals surface area (Å²) < 4.78 is 25.1. The van der Waals surface area contributed by atoms with Crippen molar-refractivity contribution in [3.63, 3.8) is 0 Å². The molecule has 0 aliphatic carbocycles. The molecule has 0 radical (unpaired) electrons. The topological polar surface area (TPSA) is 74.9 Å². The Morgan fingerprint density at radius 3 is 2.91 bits per heavy atom. The van der Waals surface area contributed by atoms with Crippen LogP contribution in [0.25, 0.3) is 0 Å². The van der Waals surface area contributed by atoms with Crippen LogP contribution in [0.2, 0.25) is 0 Å². The SMILES string of the molecule is N#CC1CC(C(=O)Nc2ccc(=O)n(CC(F)F)c2)SC1Cl. The van der Waals surface area contributed by atoms with E-state index < -0.39 is 34.4 Å². The Bertz CT molecular complexity index is 661. The number of pyridine rings is 1. The van der Waals surface area contributed by atoms with Gasteiger partial charge in [-0.15, -0.1) is 23.4 Å². The van der Waals surface area contributed by atoms with E-state index in [-0.39, 0.29) is 11.6 Å². The first kappa shape index (κ1) is 16.8. The molecule has 1 aliphatic heterocycles. The maximum absolute atomic E-state index is 12.4. The van der Waals surface area contributed by atoms with Crippen molar-refractivity contribution in [2.45, 2.75) is 29.4 Å². The third-order valence-corrected chi connectivity index (χ3v) is 5.06. The Morgan fingerprint density at radius 2 is 2.32 bits per heavy atom. The van der Waals surface area contributed by atoms with Crippen LogP contribution in [0.4, 0.5) is 14.5 Å². The standard InChI is InChI=1S/C13H12ClF2N3O2S/c14-12-7(4-17)3-9(22-12)13(21)18-8-1-2-11(20)19(5-8)6-10(15)16/h1-2,5,7,9-10,12H,3,6H2,(H,18,21). The average molecular weight is 348 g/mol. The lowest BCUT2D eigenvalue weighted by molar-refractivity contribution is -0.115. The summed E-state index contributed by atoms with van der Waals surface area (Å²) in [4.78, 5) is 23.5. The average Bonchev–Trinajstić information content (AvgIpc) is 2.83. The fraction of sp³-hybridized carbons (Fsp3) is 0.462. The summed E-state index contributed by atoms with van der Waals surface area (Å²) in [7, 11) is 0. The van der Waals surface area contributed by atoms with Crippen molar-refractivity contribution in [2.75, 3.05) is 5.32 Å². The second kappa shape index (κ2) is 7.11. The van der Waals surface area contributed by atoms with Crippen molar-refractivity contribution in [1.82, 2.24) is 4.57 Å². The van der Waals surface area contributed by atoms with Crippen LogP contribution in [0, 0.1) is 17.2 Å². The van der Waals surface area contributed by atoms with Gasteiger partial charge in [0.2, 0.25) is 5.91 Å². The van der Waals surface area contributed by atoms with E-state index in [9.17, 15) is 18.4 Å². The molecule has 118 valence electrons. The predicted molar refractivity (Wildman–Crippen MR) is 80.1 cm³/mol. The minimum absolute atomic E-state index is 0.248. The molecule has 2 rings (SSSR count). The number of amides is 1. The van der Waals surface area contributed by atoms with Crippen molar-refractivity contribution in [3.8, 4) is 6.07 Å².